The third-order valence-corrected chi connectivity index (χ3v) is 4.49. The van der Waals surface area contributed by atoms with Crippen LogP contribution in [0.1, 0.15) is 19.4 Å². The molecule has 0 spiro atoms. The van der Waals surface area contributed by atoms with Crippen LogP contribution in [0.15, 0.2) is 30.3 Å². The number of carbonyl (C=O) groups is 1. The number of nitrogens with one attached hydrogen (secondary N) is 2. The Labute approximate surface area is 114 Å². The SMILES string of the molecule is CC(C)(Cc1ccccc1)C(=O)NC1[C@H]2CNC[C@@H]12. The molecule has 1 aliphatic carbocycles. The van der Waals surface area contributed by atoms with Gasteiger partial charge in [-0.05, 0) is 23.8 Å². The second-order valence-corrected chi connectivity index (χ2v) is 6.53. The highest BCUT2D eigenvalue weighted by atomic mass is 16.2. The fraction of sp³-hybridized carbons (Fsp3) is 0.562. The van der Waals surface area contributed by atoms with Crippen molar-refractivity contribution in [2.45, 2.75) is 26.3 Å². The van der Waals surface area contributed by atoms with Gasteiger partial charge in [-0.2, -0.15) is 0 Å². The van der Waals surface area contributed by atoms with Crippen LogP contribution in [-0.4, -0.2) is 25.0 Å². The van der Waals surface area contributed by atoms with E-state index in [1.165, 1.54) is 5.56 Å². The van der Waals surface area contributed by atoms with Gasteiger partial charge < -0.3 is 10.6 Å². The standard InChI is InChI=1S/C16H22N2O/c1-16(2,8-11-6-4-3-5-7-11)15(19)18-14-12-9-17-10-13(12)14/h3-7,12-14,17H,8-10H2,1-2H3,(H,18,19)/t12-,13+,14?. The Bertz CT molecular complexity index is 459. The van der Waals surface area contributed by atoms with E-state index in [0.717, 1.165) is 19.5 Å². The molecule has 1 aliphatic heterocycles. The van der Waals surface area contributed by atoms with Gasteiger partial charge in [0.05, 0.1) is 0 Å². The number of benzene rings is 1. The molecular formula is C16H22N2O. The first-order valence-corrected chi connectivity index (χ1v) is 7.13. The normalized spacial score (nSPS) is 28.8. The minimum absolute atomic E-state index is 0.191. The summed E-state index contributed by atoms with van der Waals surface area (Å²) in [5.74, 6) is 1.55. The summed E-state index contributed by atoms with van der Waals surface area (Å²) in [7, 11) is 0. The van der Waals surface area contributed by atoms with Crippen LogP contribution in [0, 0.1) is 17.3 Å². The number of hydrogen-bond acceptors (Lipinski definition) is 2. The Kier molecular flexibility index (Phi) is 3.09. The van der Waals surface area contributed by atoms with E-state index in [0.29, 0.717) is 17.9 Å². The maximum atomic E-state index is 12.4. The minimum Gasteiger partial charge on any atom is -0.352 e. The molecule has 3 rings (SSSR count). The number of hydrogen-bond donors (Lipinski definition) is 2. The quantitative estimate of drug-likeness (QED) is 0.861. The van der Waals surface area contributed by atoms with Crippen LogP contribution in [0.3, 0.4) is 0 Å². The van der Waals surface area contributed by atoms with Crippen LogP contribution in [-0.2, 0) is 11.2 Å². The highest BCUT2D eigenvalue weighted by Crippen LogP contribution is 2.42. The molecule has 1 heterocycles. The molecule has 1 unspecified atom stereocenters. The molecule has 0 aromatic heterocycles. The van der Waals surface area contributed by atoms with E-state index >= 15 is 0 Å². The Hall–Kier alpha value is -1.35. The van der Waals surface area contributed by atoms with Gasteiger partial charge in [-0.1, -0.05) is 44.2 Å². The number of carbonyl (C=O) groups excluding carboxylic acids is 1. The first-order valence-electron chi connectivity index (χ1n) is 7.13. The molecule has 2 N–H and O–H groups in total. The van der Waals surface area contributed by atoms with Crippen molar-refractivity contribution in [2.24, 2.45) is 17.3 Å². The molecule has 2 fully saturated rings. The lowest BCUT2D eigenvalue weighted by Crippen LogP contribution is -2.42. The fourth-order valence-corrected chi connectivity index (χ4v) is 3.17. The van der Waals surface area contributed by atoms with E-state index in [2.05, 4.69) is 22.8 Å². The molecular weight excluding hydrogens is 236 g/mol. The Morgan fingerprint density at radius 3 is 2.53 bits per heavy atom. The predicted octanol–water partition coefficient (Wildman–Crippen LogP) is 1.59. The zero-order valence-electron chi connectivity index (χ0n) is 11.6. The molecule has 1 saturated carbocycles. The number of fused-ring (bicyclic) bond motifs is 1. The van der Waals surface area contributed by atoms with Gasteiger partial charge >= 0.3 is 0 Å². The lowest BCUT2D eigenvalue weighted by atomic mass is 9.84. The molecule has 1 aromatic carbocycles. The predicted molar refractivity (Wildman–Crippen MR) is 75.7 cm³/mol. The van der Waals surface area contributed by atoms with Crippen molar-refractivity contribution >= 4 is 5.91 Å². The first-order chi connectivity index (χ1) is 9.08. The second kappa shape index (κ2) is 4.64. The lowest BCUT2D eigenvalue weighted by molar-refractivity contribution is -0.129. The van der Waals surface area contributed by atoms with E-state index < -0.39 is 0 Å². The third-order valence-electron chi connectivity index (χ3n) is 4.49. The Morgan fingerprint density at radius 2 is 1.89 bits per heavy atom. The number of rotatable bonds is 4. The maximum Gasteiger partial charge on any atom is 0.226 e. The van der Waals surface area contributed by atoms with Crippen molar-refractivity contribution in [1.82, 2.24) is 10.6 Å². The minimum atomic E-state index is -0.342. The summed E-state index contributed by atoms with van der Waals surface area (Å²) >= 11 is 0. The van der Waals surface area contributed by atoms with Gasteiger partial charge in [-0.3, -0.25) is 4.79 Å². The molecule has 3 heteroatoms. The molecule has 0 radical (unpaired) electrons. The average molecular weight is 258 g/mol. The molecule has 3 atom stereocenters. The van der Waals surface area contributed by atoms with Crippen molar-refractivity contribution in [2.75, 3.05) is 13.1 Å². The number of amides is 1. The topological polar surface area (TPSA) is 41.1 Å². The highest BCUT2D eigenvalue weighted by Gasteiger charge is 2.54. The van der Waals surface area contributed by atoms with Gasteiger partial charge in [-0.25, -0.2) is 0 Å². The fourth-order valence-electron chi connectivity index (χ4n) is 3.17. The van der Waals surface area contributed by atoms with Gasteiger partial charge in [0.15, 0.2) is 0 Å². The zero-order valence-corrected chi connectivity index (χ0v) is 11.6. The number of piperidine rings is 1. The van der Waals surface area contributed by atoms with Crippen LogP contribution in [0.25, 0.3) is 0 Å². The highest BCUT2D eigenvalue weighted by molar-refractivity contribution is 5.82. The molecule has 1 amide bonds. The van der Waals surface area contributed by atoms with Crippen molar-refractivity contribution in [3.05, 3.63) is 35.9 Å². The van der Waals surface area contributed by atoms with Gasteiger partial charge in [0, 0.05) is 24.5 Å². The van der Waals surface area contributed by atoms with Crippen molar-refractivity contribution in [3.63, 3.8) is 0 Å². The largest absolute Gasteiger partial charge is 0.352 e. The van der Waals surface area contributed by atoms with Crippen molar-refractivity contribution in [1.29, 1.82) is 0 Å². The van der Waals surface area contributed by atoms with Crippen molar-refractivity contribution < 1.29 is 4.79 Å². The van der Waals surface area contributed by atoms with E-state index in [1.54, 1.807) is 0 Å². The zero-order chi connectivity index (χ0) is 13.5. The summed E-state index contributed by atoms with van der Waals surface area (Å²) in [4.78, 5) is 12.4. The smallest absolute Gasteiger partial charge is 0.226 e. The first kappa shape index (κ1) is 12.7. The van der Waals surface area contributed by atoms with E-state index in [4.69, 9.17) is 0 Å². The van der Waals surface area contributed by atoms with Crippen LogP contribution >= 0.6 is 0 Å². The van der Waals surface area contributed by atoms with Gasteiger partial charge in [0.1, 0.15) is 0 Å². The van der Waals surface area contributed by atoms with E-state index in [9.17, 15) is 4.79 Å². The van der Waals surface area contributed by atoms with Crippen LogP contribution in [0.5, 0.6) is 0 Å². The molecule has 2 aliphatic rings. The summed E-state index contributed by atoms with van der Waals surface area (Å²) in [6.45, 7) is 6.20. The second-order valence-electron chi connectivity index (χ2n) is 6.53. The summed E-state index contributed by atoms with van der Waals surface area (Å²) in [5.41, 5.74) is 0.881. The van der Waals surface area contributed by atoms with E-state index in [-0.39, 0.29) is 11.3 Å². The monoisotopic (exact) mass is 258 g/mol. The van der Waals surface area contributed by atoms with Gasteiger partial charge in [-0.15, -0.1) is 0 Å². The van der Waals surface area contributed by atoms with Gasteiger partial charge in [0.2, 0.25) is 5.91 Å². The molecule has 102 valence electrons. The Balaban J connectivity index is 1.59. The van der Waals surface area contributed by atoms with Crippen LogP contribution in [0.2, 0.25) is 0 Å². The van der Waals surface area contributed by atoms with E-state index in [1.807, 2.05) is 32.0 Å². The molecule has 1 aromatic rings. The summed E-state index contributed by atoms with van der Waals surface area (Å²) in [6, 6.07) is 10.7. The lowest BCUT2D eigenvalue weighted by Gasteiger charge is -2.24. The summed E-state index contributed by atoms with van der Waals surface area (Å²) < 4.78 is 0. The van der Waals surface area contributed by atoms with Crippen LogP contribution in [0.4, 0.5) is 0 Å². The van der Waals surface area contributed by atoms with Crippen LogP contribution < -0.4 is 10.6 Å². The maximum absolute atomic E-state index is 12.4. The average Bonchev–Trinajstić information content (AvgIpc) is 2.83. The van der Waals surface area contributed by atoms with Crippen molar-refractivity contribution in [3.8, 4) is 0 Å². The summed E-state index contributed by atoms with van der Waals surface area (Å²) in [5, 5.41) is 6.59. The molecule has 0 bridgehead atoms. The summed E-state index contributed by atoms with van der Waals surface area (Å²) in [6.07, 6.45) is 0.792. The van der Waals surface area contributed by atoms with Gasteiger partial charge in [0.25, 0.3) is 0 Å². The Morgan fingerprint density at radius 1 is 1.26 bits per heavy atom. The third kappa shape index (κ3) is 2.52. The molecule has 1 saturated heterocycles. The molecule has 19 heavy (non-hydrogen) atoms. The molecule has 3 nitrogen and oxygen atoms in total.